The Balaban J connectivity index is 5.28. The van der Waals surface area contributed by atoms with Crippen LogP contribution in [-0.4, -0.2) is 49.9 Å². The van der Waals surface area contributed by atoms with Crippen molar-refractivity contribution >= 4 is 17.9 Å². The number of rotatable bonds is 11. The van der Waals surface area contributed by atoms with Gasteiger partial charge in [-0.2, -0.15) is 0 Å². The molecule has 0 bridgehead atoms. The second-order valence-electron chi connectivity index (χ2n) is 7.58. The number of hydrogen-bond acceptors (Lipinski definition) is 7. The van der Waals surface area contributed by atoms with Crippen LogP contribution in [-0.2, 0) is 28.6 Å². The maximum Gasteiger partial charge on any atom is 0.311 e. The molecule has 0 radical (unpaired) electrons. The summed E-state index contributed by atoms with van der Waals surface area (Å²) < 4.78 is 14.9. The molecule has 0 heterocycles. The Kier molecular flexibility index (Phi) is 9.84. The predicted octanol–water partition coefficient (Wildman–Crippen LogP) is 2.49. The lowest BCUT2D eigenvalue weighted by atomic mass is 9.73. The summed E-state index contributed by atoms with van der Waals surface area (Å²) >= 11 is 0. The van der Waals surface area contributed by atoms with E-state index in [1.165, 1.54) is 14.2 Å². The van der Waals surface area contributed by atoms with Gasteiger partial charge < -0.3 is 19.3 Å². The molecule has 0 amide bonds. The molecule has 0 saturated heterocycles. The molecule has 3 unspecified atom stereocenters. The van der Waals surface area contributed by atoms with Crippen LogP contribution in [0.5, 0.6) is 0 Å². The van der Waals surface area contributed by atoms with Crippen molar-refractivity contribution in [1.82, 2.24) is 0 Å². The third-order valence-electron chi connectivity index (χ3n) is 4.88. The molecule has 7 nitrogen and oxygen atoms in total. The van der Waals surface area contributed by atoms with Crippen LogP contribution in [0.15, 0.2) is 0 Å². The fourth-order valence-electron chi connectivity index (χ4n) is 2.75. The van der Waals surface area contributed by atoms with Crippen LogP contribution in [0.1, 0.15) is 60.3 Å². The van der Waals surface area contributed by atoms with Crippen molar-refractivity contribution in [3.8, 4) is 0 Å². The van der Waals surface area contributed by atoms with E-state index in [0.29, 0.717) is 12.8 Å². The van der Waals surface area contributed by atoms with E-state index in [9.17, 15) is 19.5 Å². The zero-order valence-electron chi connectivity index (χ0n) is 17.1. The summed E-state index contributed by atoms with van der Waals surface area (Å²) in [7, 11) is 2.59. The van der Waals surface area contributed by atoms with Gasteiger partial charge in [-0.3, -0.25) is 14.4 Å². The van der Waals surface area contributed by atoms with Gasteiger partial charge in [0.25, 0.3) is 0 Å². The number of aliphatic hydroxyl groups is 1. The number of aliphatic hydroxyl groups excluding tert-OH is 1. The number of hydrogen-bond donors (Lipinski definition) is 1. The second-order valence-corrected chi connectivity index (χ2v) is 7.58. The van der Waals surface area contributed by atoms with E-state index in [1.54, 1.807) is 27.7 Å². The Bertz CT molecular complexity index is 486. The summed E-state index contributed by atoms with van der Waals surface area (Å²) in [5, 5.41) is 9.55. The molecule has 1 N–H and O–H groups in total. The van der Waals surface area contributed by atoms with Crippen molar-refractivity contribution in [2.75, 3.05) is 20.8 Å². The van der Waals surface area contributed by atoms with Crippen LogP contribution in [0.25, 0.3) is 0 Å². The van der Waals surface area contributed by atoms with Gasteiger partial charge in [-0.05, 0) is 46.5 Å². The van der Waals surface area contributed by atoms with Gasteiger partial charge in [-0.15, -0.1) is 0 Å². The first-order valence-electron chi connectivity index (χ1n) is 8.98. The summed E-state index contributed by atoms with van der Waals surface area (Å²) in [5.74, 6) is -2.05. The van der Waals surface area contributed by atoms with Crippen molar-refractivity contribution in [2.45, 2.75) is 66.4 Å². The Morgan fingerprint density at radius 1 is 0.962 bits per heavy atom. The van der Waals surface area contributed by atoms with E-state index in [4.69, 9.17) is 14.2 Å². The average Bonchev–Trinajstić information content (AvgIpc) is 2.62. The first-order valence-corrected chi connectivity index (χ1v) is 8.98. The molecule has 26 heavy (non-hydrogen) atoms. The SMILES string of the molecule is CCC(O)COC(=O)C(C)(C)CC(CC(C)(CC)C(=O)OC)C(=O)OC. The van der Waals surface area contributed by atoms with Crippen molar-refractivity contribution in [3.05, 3.63) is 0 Å². The van der Waals surface area contributed by atoms with E-state index >= 15 is 0 Å². The molecule has 7 heteroatoms. The molecule has 0 aliphatic rings. The number of esters is 3. The summed E-state index contributed by atoms with van der Waals surface area (Å²) in [6.07, 6.45) is 0.617. The largest absolute Gasteiger partial charge is 0.469 e. The molecule has 0 aromatic rings. The molecular weight excluding hydrogens is 340 g/mol. The number of carbonyl (C=O) groups excluding carboxylic acids is 3. The number of methoxy groups -OCH3 is 2. The van der Waals surface area contributed by atoms with Gasteiger partial charge in [-0.25, -0.2) is 0 Å². The van der Waals surface area contributed by atoms with Crippen molar-refractivity contribution in [2.24, 2.45) is 16.7 Å². The zero-order chi connectivity index (χ0) is 20.5. The third-order valence-corrected chi connectivity index (χ3v) is 4.88. The van der Waals surface area contributed by atoms with Gasteiger partial charge in [-0.1, -0.05) is 13.8 Å². The highest BCUT2D eigenvalue weighted by Crippen LogP contribution is 2.37. The van der Waals surface area contributed by atoms with Crippen LogP contribution in [0.4, 0.5) is 0 Å². The molecule has 0 saturated carbocycles. The van der Waals surface area contributed by atoms with Gasteiger partial charge >= 0.3 is 17.9 Å². The monoisotopic (exact) mass is 374 g/mol. The van der Waals surface area contributed by atoms with Crippen molar-refractivity contribution < 1.29 is 33.7 Å². The molecule has 3 atom stereocenters. The zero-order valence-corrected chi connectivity index (χ0v) is 17.1. The molecule has 152 valence electrons. The van der Waals surface area contributed by atoms with Gasteiger partial charge in [0.05, 0.1) is 37.1 Å². The Morgan fingerprint density at radius 3 is 1.96 bits per heavy atom. The lowest BCUT2D eigenvalue weighted by Gasteiger charge is -2.32. The minimum atomic E-state index is -0.975. The number of ether oxygens (including phenoxy) is 3. The van der Waals surface area contributed by atoms with E-state index in [-0.39, 0.29) is 19.4 Å². The molecular formula is C19H34O7. The summed E-state index contributed by atoms with van der Waals surface area (Å²) in [6.45, 7) is 8.62. The quantitative estimate of drug-likeness (QED) is 0.438. The fourth-order valence-corrected chi connectivity index (χ4v) is 2.75. The number of carbonyl (C=O) groups is 3. The summed E-state index contributed by atoms with van der Waals surface area (Å²) in [5.41, 5.74) is -1.83. The summed E-state index contributed by atoms with van der Waals surface area (Å²) in [4.78, 5) is 36.8. The topological polar surface area (TPSA) is 99.1 Å². The molecule has 0 aromatic carbocycles. The normalized spacial score (nSPS) is 16.2. The third kappa shape index (κ3) is 6.94. The molecule has 0 rings (SSSR count). The molecule has 0 aromatic heterocycles. The Hall–Kier alpha value is -1.63. The van der Waals surface area contributed by atoms with Crippen LogP contribution >= 0.6 is 0 Å². The van der Waals surface area contributed by atoms with Crippen molar-refractivity contribution in [3.63, 3.8) is 0 Å². The van der Waals surface area contributed by atoms with Crippen LogP contribution in [0.3, 0.4) is 0 Å². The first-order chi connectivity index (χ1) is 12.0. The van der Waals surface area contributed by atoms with E-state index in [1.807, 2.05) is 6.92 Å². The lowest BCUT2D eigenvalue weighted by Crippen LogP contribution is -2.38. The van der Waals surface area contributed by atoms with Gasteiger partial charge in [0.2, 0.25) is 0 Å². The smallest absolute Gasteiger partial charge is 0.311 e. The van der Waals surface area contributed by atoms with Crippen LogP contribution in [0, 0.1) is 16.7 Å². The minimum Gasteiger partial charge on any atom is -0.469 e. The lowest BCUT2D eigenvalue weighted by molar-refractivity contribution is -0.161. The molecule has 0 spiro atoms. The second kappa shape index (κ2) is 10.5. The Morgan fingerprint density at radius 2 is 1.54 bits per heavy atom. The fraction of sp³-hybridized carbons (Fsp3) is 0.842. The minimum absolute atomic E-state index is 0.0868. The molecule has 0 aliphatic heterocycles. The average molecular weight is 374 g/mol. The van der Waals surface area contributed by atoms with Gasteiger partial charge in [0, 0.05) is 0 Å². The highest BCUT2D eigenvalue weighted by atomic mass is 16.5. The van der Waals surface area contributed by atoms with Crippen molar-refractivity contribution in [1.29, 1.82) is 0 Å². The van der Waals surface area contributed by atoms with Crippen LogP contribution < -0.4 is 0 Å². The first kappa shape index (κ1) is 24.4. The highest BCUT2D eigenvalue weighted by Gasteiger charge is 2.42. The van der Waals surface area contributed by atoms with E-state index < -0.39 is 40.8 Å². The molecule has 0 fully saturated rings. The van der Waals surface area contributed by atoms with E-state index in [2.05, 4.69) is 0 Å². The summed E-state index contributed by atoms with van der Waals surface area (Å²) in [6, 6.07) is 0. The predicted molar refractivity (Wildman–Crippen MR) is 96.2 cm³/mol. The highest BCUT2D eigenvalue weighted by molar-refractivity contribution is 5.80. The molecule has 0 aliphatic carbocycles. The van der Waals surface area contributed by atoms with Gasteiger partial charge in [0.1, 0.15) is 6.61 Å². The maximum absolute atomic E-state index is 12.4. The standard InChI is InChI=1S/C19H34O7/c1-8-14(20)12-26-16(22)18(3,4)10-13(15(21)24-6)11-19(5,9-2)17(23)25-7/h13-14,20H,8-12H2,1-7H3. The Labute approximate surface area is 156 Å². The maximum atomic E-state index is 12.4. The van der Waals surface area contributed by atoms with Crippen LogP contribution in [0.2, 0.25) is 0 Å². The van der Waals surface area contributed by atoms with Gasteiger partial charge in [0.15, 0.2) is 0 Å². The van der Waals surface area contributed by atoms with E-state index in [0.717, 1.165) is 0 Å².